The van der Waals surface area contributed by atoms with E-state index in [1.54, 1.807) is 6.07 Å². The molecule has 0 amide bonds. The summed E-state index contributed by atoms with van der Waals surface area (Å²) in [6.45, 7) is 4.50. The summed E-state index contributed by atoms with van der Waals surface area (Å²) in [7, 11) is -4.09. The molecule has 1 atom stereocenters. The van der Waals surface area contributed by atoms with Crippen LogP contribution in [0.5, 0.6) is 5.75 Å². The average molecular weight is 563 g/mol. The normalized spacial score (nSPS) is 12.8. The fourth-order valence-corrected chi connectivity index (χ4v) is 6.58. The van der Waals surface area contributed by atoms with Gasteiger partial charge in [-0.25, -0.2) is 4.57 Å². The highest BCUT2D eigenvalue weighted by Gasteiger charge is 2.28. The van der Waals surface area contributed by atoms with E-state index in [9.17, 15) is 9.46 Å². The largest absolute Gasteiger partial charge is 0.421 e. The molecule has 3 nitrogen and oxygen atoms in total. The second-order valence-corrected chi connectivity index (χ2v) is 12.9. The van der Waals surface area contributed by atoms with E-state index < -0.39 is 7.60 Å². The average Bonchev–Trinajstić information content (AvgIpc) is 2.97. The van der Waals surface area contributed by atoms with Gasteiger partial charge in [-0.3, -0.25) is 0 Å². The smallest absolute Gasteiger partial charge is 0.408 e. The van der Waals surface area contributed by atoms with Crippen LogP contribution in [0.25, 0.3) is 11.1 Å². The summed E-state index contributed by atoms with van der Waals surface area (Å²) in [5.74, 6) is 0.431. The first-order valence-corrected chi connectivity index (χ1v) is 17.4. The molecule has 1 unspecified atom stereocenters. The summed E-state index contributed by atoms with van der Waals surface area (Å²) < 4.78 is 19.4. The van der Waals surface area contributed by atoms with Crippen LogP contribution in [-0.2, 0) is 17.4 Å². The van der Waals surface area contributed by atoms with Crippen molar-refractivity contribution in [1.82, 2.24) is 0 Å². The van der Waals surface area contributed by atoms with Crippen molar-refractivity contribution in [3.8, 4) is 16.9 Å². The van der Waals surface area contributed by atoms with Gasteiger partial charge in [-0.1, -0.05) is 145 Å². The maximum absolute atomic E-state index is 13.6. The number of hydrogen-bond donors (Lipinski definition) is 1. The van der Waals surface area contributed by atoms with Gasteiger partial charge < -0.3 is 9.42 Å². The zero-order valence-electron chi connectivity index (χ0n) is 25.0. The number of rotatable bonds is 20. The van der Waals surface area contributed by atoms with Gasteiger partial charge in [0.05, 0.1) is 5.30 Å². The Balaban J connectivity index is 1.62. The maximum atomic E-state index is 13.6. The van der Waals surface area contributed by atoms with Gasteiger partial charge in [-0.05, 0) is 66.1 Å². The maximum Gasteiger partial charge on any atom is 0.408 e. The summed E-state index contributed by atoms with van der Waals surface area (Å²) in [4.78, 5) is 11.2. The van der Waals surface area contributed by atoms with E-state index in [0.717, 1.165) is 30.4 Å². The molecule has 0 spiro atoms. The summed E-state index contributed by atoms with van der Waals surface area (Å²) >= 11 is 0. The summed E-state index contributed by atoms with van der Waals surface area (Å²) in [6.07, 6.45) is 19.9. The van der Waals surface area contributed by atoms with Crippen LogP contribution in [-0.4, -0.2) is 4.89 Å². The molecule has 0 aliphatic heterocycles. The van der Waals surface area contributed by atoms with Crippen LogP contribution >= 0.6 is 7.60 Å². The Morgan fingerprint density at radius 3 is 1.68 bits per heavy atom. The molecule has 3 aromatic rings. The van der Waals surface area contributed by atoms with Crippen molar-refractivity contribution in [2.24, 2.45) is 0 Å². The number of hydrogen-bond acceptors (Lipinski definition) is 2. The Hall–Kier alpha value is -2.35. The predicted molar refractivity (Wildman–Crippen MR) is 172 cm³/mol. The molecule has 3 rings (SSSR count). The molecule has 0 aliphatic rings. The molecule has 218 valence electrons. The summed E-state index contributed by atoms with van der Waals surface area (Å²) in [6, 6.07) is 23.5. The molecule has 3 aromatic carbocycles. The third kappa shape index (κ3) is 11.3. The molecule has 1 N–H and O–H groups in total. The lowest BCUT2D eigenvalue weighted by molar-refractivity contribution is 0.393. The Kier molecular flexibility index (Phi) is 14.6. The first-order chi connectivity index (χ1) is 19.5. The molecule has 0 saturated heterocycles. The van der Waals surface area contributed by atoms with Crippen LogP contribution < -0.4 is 9.83 Å². The lowest BCUT2D eigenvalue weighted by atomic mass is 9.99. The molecule has 0 saturated carbocycles. The molecular formula is C36H51O3P. The van der Waals surface area contributed by atoms with Crippen molar-refractivity contribution in [2.45, 2.75) is 117 Å². The molecule has 0 heterocycles. The first kappa shape index (κ1) is 32.2. The van der Waals surface area contributed by atoms with E-state index in [4.69, 9.17) is 4.52 Å². The van der Waals surface area contributed by atoms with Gasteiger partial charge in [-0.2, -0.15) is 0 Å². The first-order valence-electron chi connectivity index (χ1n) is 15.8. The molecule has 0 radical (unpaired) electrons. The minimum absolute atomic E-state index is 0.356. The third-order valence-electron chi connectivity index (χ3n) is 7.74. The second-order valence-electron chi connectivity index (χ2n) is 11.2. The molecular weight excluding hydrogens is 511 g/mol. The minimum atomic E-state index is -4.09. The monoisotopic (exact) mass is 562 g/mol. The van der Waals surface area contributed by atoms with Gasteiger partial charge in [0.2, 0.25) is 0 Å². The van der Waals surface area contributed by atoms with Crippen molar-refractivity contribution < 1.29 is 14.0 Å². The molecule has 4 heteroatoms. The van der Waals surface area contributed by atoms with Gasteiger partial charge >= 0.3 is 7.60 Å². The van der Waals surface area contributed by atoms with E-state index in [2.05, 4.69) is 19.9 Å². The number of unbranched alkanes of at least 4 members (excludes halogenated alkanes) is 12. The van der Waals surface area contributed by atoms with E-state index in [1.165, 1.54) is 94.6 Å². The third-order valence-corrected chi connectivity index (χ3v) is 9.20. The highest BCUT2D eigenvalue weighted by molar-refractivity contribution is 7.62. The van der Waals surface area contributed by atoms with Crippen LogP contribution in [0.15, 0.2) is 72.8 Å². The van der Waals surface area contributed by atoms with Gasteiger partial charge in [0.25, 0.3) is 0 Å². The zero-order valence-corrected chi connectivity index (χ0v) is 25.8. The fraction of sp³-hybridized carbons (Fsp3) is 0.500. The van der Waals surface area contributed by atoms with Crippen molar-refractivity contribution in [3.05, 3.63) is 83.9 Å². The Labute approximate surface area is 243 Å². The van der Waals surface area contributed by atoms with Crippen molar-refractivity contribution >= 4 is 12.9 Å². The molecule has 0 aliphatic carbocycles. The highest BCUT2D eigenvalue weighted by Crippen LogP contribution is 2.44. The molecule has 0 fully saturated rings. The number of benzene rings is 3. The summed E-state index contributed by atoms with van der Waals surface area (Å²) in [5.41, 5.74) is 4.16. The Morgan fingerprint density at radius 2 is 1.10 bits per heavy atom. The fourth-order valence-electron chi connectivity index (χ4n) is 5.32. The standard InChI is InChI=1S/C36H51O3P/c1-3-5-7-9-11-13-16-20-31-24-27-34(28-25-31)39-40(37,38)36-29-26-32(21-17-14-12-10-8-6-4-2)30-35(36)33-22-18-15-19-23-33/h15,18-19,22-30H,3-14,16-17,20-21H2,1-2H3,(H,37,38). The van der Waals surface area contributed by atoms with Gasteiger partial charge in [-0.15, -0.1) is 0 Å². The van der Waals surface area contributed by atoms with Crippen molar-refractivity contribution in [3.63, 3.8) is 0 Å². The second kappa shape index (κ2) is 18.2. The van der Waals surface area contributed by atoms with Crippen LogP contribution in [0, 0.1) is 0 Å². The molecule has 0 bridgehead atoms. The molecule has 0 aromatic heterocycles. The lowest BCUT2D eigenvalue weighted by Gasteiger charge is -2.18. The highest BCUT2D eigenvalue weighted by atomic mass is 31.2. The SMILES string of the molecule is CCCCCCCCCc1ccc(OP(=O)(O)c2ccc(CCCCCCCCC)cc2-c2ccccc2)cc1. The lowest BCUT2D eigenvalue weighted by Crippen LogP contribution is -2.13. The Bertz CT molecular complexity index is 1140. The van der Waals surface area contributed by atoms with Crippen molar-refractivity contribution in [1.29, 1.82) is 0 Å². The van der Waals surface area contributed by atoms with E-state index >= 15 is 0 Å². The van der Waals surface area contributed by atoms with Crippen molar-refractivity contribution in [2.75, 3.05) is 0 Å². The van der Waals surface area contributed by atoms with E-state index in [-0.39, 0.29) is 0 Å². The minimum Gasteiger partial charge on any atom is -0.421 e. The van der Waals surface area contributed by atoms with Gasteiger partial charge in [0, 0.05) is 0 Å². The van der Waals surface area contributed by atoms with E-state index in [1.807, 2.05) is 60.7 Å². The predicted octanol–water partition coefficient (Wildman–Crippen LogP) is 10.8. The van der Waals surface area contributed by atoms with Gasteiger partial charge in [0.1, 0.15) is 5.75 Å². The quantitative estimate of drug-likeness (QED) is 0.110. The molecule has 40 heavy (non-hydrogen) atoms. The summed E-state index contributed by atoms with van der Waals surface area (Å²) in [5, 5.41) is 0.356. The number of aryl methyl sites for hydroxylation is 2. The van der Waals surface area contributed by atoms with Crippen LogP contribution in [0.4, 0.5) is 0 Å². The zero-order chi connectivity index (χ0) is 28.5. The van der Waals surface area contributed by atoms with Crippen LogP contribution in [0.1, 0.15) is 115 Å². The Morgan fingerprint density at radius 1 is 0.600 bits per heavy atom. The topological polar surface area (TPSA) is 46.5 Å². The van der Waals surface area contributed by atoms with Gasteiger partial charge in [0.15, 0.2) is 0 Å². The van der Waals surface area contributed by atoms with Crippen LogP contribution in [0.3, 0.4) is 0 Å². The van der Waals surface area contributed by atoms with E-state index in [0.29, 0.717) is 11.1 Å². The van der Waals surface area contributed by atoms with Crippen LogP contribution in [0.2, 0.25) is 0 Å².